The zero-order chi connectivity index (χ0) is 22.2. The average molecular weight is 419 g/mol. The minimum absolute atomic E-state index is 0.0671. The molecule has 1 aliphatic carbocycles. The van der Waals surface area contributed by atoms with Gasteiger partial charge in [-0.15, -0.1) is 0 Å². The molecule has 5 heteroatoms. The summed E-state index contributed by atoms with van der Waals surface area (Å²) in [5.41, 5.74) is 4.88. The molecule has 2 N–H and O–H groups in total. The minimum Gasteiger partial charge on any atom is -0.478 e. The van der Waals surface area contributed by atoms with E-state index in [0.717, 1.165) is 11.1 Å². The van der Waals surface area contributed by atoms with Gasteiger partial charge in [0, 0.05) is 22.4 Å². The molecule has 0 heterocycles. The zero-order valence-corrected chi connectivity index (χ0v) is 16.8. The highest BCUT2D eigenvalue weighted by atomic mass is 16.4. The summed E-state index contributed by atoms with van der Waals surface area (Å²) in [5.74, 6) is -1.52. The third-order valence-electron chi connectivity index (χ3n) is 5.60. The van der Waals surface area contributed by atoms with Crippen LogP contribution in [0.25, 0.3) is 22.3 Å². The van der Waals surface area contributed by atoms with Gasteiger partial charge in [-0.25, -0.2) is 4.79 Å². The fraction of sp³-hybridized carbons (Fsp3) is 0. The molecule has 1 aliphatic rings. The Morgan fingerprint density at radius 2 is 1.12 bits per heavy atom. The summed E-state index contributed by atoms with van der Waals surface area (Å²) in [4.78, 5) is 37.6. The van der Waals surface area contributed by atoms with Crippen LogP contribution < -0.4 is 5.32 Å². The lowest BCUT2D eigenvalue weighted by Crippen LogP contribution is -2.14. The van der Waals surface area contributed by atoms with E-state index in [4.69, 9.17) is 0 Å². The van der Waals surface area contributed by atoms with Gasteiger partial charge in [-0.05, 0) is 46.5 Å². The van der Waals surface area contributed by atoms with E-state index >= 15 is 0 Å². The summed E-state index contributed by atoms with van der Waals surface area (Å²) in [5, 5.41) is 12.4. The minimum atomic E-state index is -1.06. The molecule has 0 atom stereocenters. The number of carbonyl (C=O) groups excluding carboxylic acids is 2. The fourth-order valence-electron chi connectivity index (χ4n) is 4.12. The Hall–Kier alpha value is -4.51. The van der Waals surface area contributed by atoms with Crippen molar-refractivity contribution >= 4 is 23.3 Å². The van der Waals surface area contributed by atoms with Gasteiger partial charge in [0.25, 0.3) is 5.91 Å². The zero-order valence-electron chi connectivity index (χ0n) is 16.8. The number of benzene rings is 4. The molecule has 5 nitrogen and oxygen atoms in total. The maximum absolute atomic E-state index is 13.1. The maximum atomic E-state index is 13.1. The Balaban J connectivity index is 1.50. The van der Waals surface area contributed by atoms with E-state index in [9.17, 15) is 19.5 Å². The van der Waals surface area contributed by atoms with Gasteiger partial charge in [0.2, 0.25) is 0 Å². The molecule has 0 unspecified atom stereocenters. The monoisotopic (exact) mass is 419 g/mol. The quantitative estimate of drug-likeness (QED) is 0.402. The highest BCUT2D eigenvalue weighted by Crippen LogP contribution is 2.37. The predicted octanol–water partition coefficient (Wildman–Crippen LogP) is 5.52. The largest absolute Gasteiger partial charge is 0.478 e. The Labute approximate surface area is 184 Å². The first-order chi connectivity index (χ1) is 15.5. The number of fused-ring (bicyclic) bond motifs is 3. The number of anilines is 1. The second kappa shape index (κ2) is 7.63. The van der Waals surface area contributed by atoms with Crippen LogP contribution in [0.4, 0.5) is 5.69 Å². The van der Waals surface area contributed by atoms with Crippen LogP contribution >= 0.6 is 0 Å². The Morgan fingerprint density at radius 1 is 0.594 bits per heavy atom. The van der Waals surface area contributed by atoms with Gasteiger partial charge >= 0.3 is 5.97 Å². The van der Waals surface area contributed by atoms with Crippen LogP contribution in [0.3, 0.4) is 0 Å². The molecule has 0 aliphatic heterocycles. The molecule has 0 bridgehead atoms. The topological polar surface area (TPSA) is 83.5 Å². The number of rotatable bonds is 4. The molecule has 154 valence electrons. The normalized spacial score (nSPS) is 11.6. The predicted molar refractivity (Wildman–Crippen MR) is 122 cm³/mol. The van der Waals surface area contributed by atoms with Crippen molar-refractivity contribution in [3.63, 3.8) is 0 Å². The van der Waals surface area contributed by atoms with Crippen LogP contribution in [0, 0.1) is 0 Å². The first-order valence-electron chi connectivity index (χ1n) is 10.1. The Bertz CT molecular complexity index is 1420. The van der Waals surface area contributed by atoms with Crippen molar-refractivity contribution in [3.8, 4) is 22.3 Å². The van der Waals surface area contributed by atoms with E-state index in [1.807, 2.05) is 24.3 Å². The maximum Gasteiger partial charge on any atom is 0.336 e. The molecule has 1 amide bonds. The summed E-state index contributed by atoms with van der Waals surface area (Å²) in [6.45, 7) is 0. The van der Waals surface area contributed by atoms with Crippen LogP contribution in [-0.2, 0) is 0 Å². The van der Waals surface area contributed by atoms with Crippen LogP contribution in [0.5, 0.6) is 0 Å². The van der Waals surface area contributed by atoms with Crippen molar-refractivity contribution in [2.75, 3.05) is 5.32 Å². The first kappa shape index (κ1) is 19.5. The molecule has 0 aromatic heterocycles. The second-order valence-corrected chi connectivity index (χ2v) is 7.49. The molecule has 0 fully saturated rings. The number of nitrogens with one attached hydrogen (secondary N) is 1. The van der Waals surface area contributed by atoms with Crippen molar-refractivity contribution in [2.24, 2.45) is 0 Å². The lowest BCUT2D eigenvalue weighted by Gasteiger charge is -2.13. The second-order valence-electron chi connectivity index (χ2n) is 7.49. The van der Waals surface area contributed by atoms with Crippen molar-refractivity contribution in [3.05, 3.63) is 113 Å². The van der Waals surface area contributed by atoms with Gasteiger partial charge in [-0.2, -0.15) is 0 Å². The van der Waals surface area contributed by atoms with Crippen molar-refractivity contribution in [2.45, 2.75) is 0 Å². The average Bonchev–Trinajstić information content (AvgIpc) is 3.11. The molecule has 4 aromatic carbocycles. The molecule has 4 aromatic rings. The third kappa shape index (κ3) is 3.17. The Morgan fingerprint density at radius 3 is 1.81 bits per heavy atom. The van der Waals surface area contributed by atoms with Crippen molar-refractivity contribution < 1.29 is 19.5 Å². The van der Waals surface area contributed by atoms with E-state index in [2.05, 4.69) is 5.32 Å². The van der Waals surface area contributed by atoms with Gasteiger partial charge in [0.15, 0.2) is 5.78 Å². The molecular weight excluding hydrogens is 402 g/mol. The van der Waals surface area contributed by atoms with E-state index < -0.39 is 5.97 Å². The first-order valence-corrected chi connectivity index (χ1v) is 10.1. The van der Waals surface area contributed by atoms with E-state index in [1.165, 1.54) is 6.07 Å². The van der Waals surface area contributed by atoms with Crippen LogP contribution in [0.15, 0.2) is 91.0 Å². The number of carboxylic acids is 1. The number of amides is 1. The van der Waals surface area contributed by atoms with Crippen LogP contribution in [0.1, 0.15) is 36.6 Å². The third-order valence-corrected chi connectivity index (χ3v) is 5.60. The summed E-state index contributed by atoms with van der Waals surface area (Å²) >= 11 is 0. The molecule has 32 heavy (non-hydrogen) atoms. The van der Waals surface area contributed by atoms with E-state index in [1.54, 1.807) is 60.7 Å². The van der Waals surface area contributed by atoms with Crippen LogP contribution in [0.2, 0.25) is 0 Å². The summed E-state index contributed by atoms with van der Waals surface area (Å²) in [7, 11) is 0. The van der Waals surface area contributed by atoms with Gasteiger partial charge < -0.3 is 10.4 Å². The summed E-state index contributed by atoms with van der Waals surface area (Å²) in [6.07, 6.45) is 0. The van der Waals surface area contributed by atoms with Gasteiger partial charge in [0.05, 0.1) is 5.56 Å². The van der Waals surface area contributed by atoms with E-state index in [-0.39, 0.29) is 17.3 Å². The molecule has 0 radical (unpaired) electrons. The fourth-order valence-corrected chi connectivity index (χ4v) is 4.12. The molecule has 0 saturated carbocycles. The number of hydrogen-bond acceptors (Lipinski definition) is 3. The molecule has 5 rings (SSSR count). The molecule has 0 spiro atoms. The highest BCUT2D eigenvalue weighted by Gasteiger charge is 2.26. The lowest BCUT2D eigenvalue weighted by atomic mass is 9.95. The smallest absolute Gasteiger partial charge is 0.336 e. The number of carboxylic acid groups (broad SMARTS) is 1. The highest BCUT2D eigenvalue weighted by molar-refractivity contribution is 6.22. The standard InChI is InChI=1S/C27H17NO4/c29-25-21-10-4-1-7-17(21)20-14-13-16(15-24(20)25)28-26(30)22-11-5-2-8-18(22)19-9-3-6-12-23(19)27(31)32/h1-15H,(H,28,30)(H,31,32). The van der Waals surface area contributed by atoms with Gasteiger partial charge in [0.1, 0.15) is 0 Å². The SMILES string of the molecule is O=C(O)c1ccccc1-c1ccccc1C(=O)Nc1ccc2c(c1)C(=O)c1ccccc1-2. The number of hydrogen-bond donors (Lipinski definition) is 2. The number of aromatic carboxylic acids is 1. The molecule has 0 saturated heterocycles. The number of carbonyl (C=O) groups is 3. The summed E-state index contributed by atoms with van der Waals surface area (Å²) < 4.78 is 0. The number of ketones is 1. The molecular formula is C27H17NO4. The van der Waals surface area contributed by atoms with Gasteiger partial charge in [-0.3, -0.25) is 9.59 Å². The van der Waals surface area contributed by atoms with E-state index in [0.29, 0.717) is 33.5 Å². The van der Waals surface area contributed by atoms with Crippen molar-refractivity contribution in [1.82, 2.24) is 0 Å². The van der Waals surface area contributed by atoms with Crippen LogP contribution in [-0.4, -0.2) is 22.8 Å². The van der Waals surface area contributed by atoms with Crippen molar-refractivity contribution in [1.29, 1.82) is 0 Å². The lowest BCUT2D eigenvalue weighted by molar-refractivity contribution is 0.0697. The summed E-state index contributed by atoms with van der Waals surface area (Å²) in [6, 6.07) is 26.1. The van der Waals surface area contributed by atoms with Gasteiger partial charge in [-0.1, -0.05) is 66.7 Å². The Kier molecular flexibility index (Phi) is 4.64.